The van der Waals surface area contributed by atoms with Crippen molar-refractivity contribution in [1.82, 2.24) is 24.7 Å². The lowest BCUT2D eigenvalue weighted by Crippen LogP contribution is -2.14. The lowest BCUT2D eigenvalue weighted by atomic mass is 10.1. The van der Waals surface area contributed by atoms with Gasteiger partial charge in [0.1, 0.15) is 16.9 Å². The van der Waals surface area contributed by atoms with Crippen LogP contribution < -0.4 is 11.5 Å². The van der Waals surface area contributed by atoms with Gasteiger partial charge in [-0.05, 0) is 30.7 Å². The number of anilines is 1. The Morgan fingerprint density at radius 3 is 2.59 bits per heavy atom. The minimum Gasteiger partial charge on any atom is -0.384 e. The fourth-order valence-corrected chi connectivity index (χ4v) is 3.54. The number of primary amides is 1. The van der Waals surface area contributed by atoms with Gasteiger partial charge in [0.2, 0.25) is 0 Å². The van der Waals surface area contributed by atoms with E-state index in [2.05, 4.69) is 15.2 Å². The second kappa shape index (κ2) is 5.28. The normalized spacial score (nSPS) is 11.6. The van der Waals surface area contributed by atoms with Crippen LogP contribution in [0.5, 0.6) is 0 Å². The van der Waals surface area contributed by atoms with Crippen molar-refractivity contribution >= 4 is 44.8 Å². The van der Waals surface area contributed by atoms with Crippen molar-refractivity contribution in [3.05, 3.63) is 53.7 Å². The molecule has 0 fully saturated rings. The molecule has 0 bridgehead atoms. The van der Waals surface area contributed by atoms with Crippen LogP contribution in [0.15, 0.2) is 42.6 Å². The third-order valence-electron chi connectivity index (χ3n) is 4.77. The predicted molar refractivity (Wildman–Crippen MR) is 104 cm³/mol. The molecule has 132 valence electrons. The lowest BCUT2D eigenvalue weighted by Gasteiger charge is -2.12. The van der Waals surface area contributed by atoms with E-state index in [1.54, 1.807) is 10.8 Å². The van der Waals surface area contributed by atoms with Crippen LogP contribution in [0.3, 0.4) is 0 Å². The van der Waals surface area contributed by atoms with Crippen LogP contribution in [0.2, 0.25) is 0 Å². The number of carbonyl (C=O) groups excluding carboxylic acids is 1. The SMILES string of the molecule is Cc1ccc2[nH]ncc2c1-n1c(N)c(C(N)=O)c2nc3ccccc3nc21. The average molecular weight is 357 g/mol. The number of amides is 1. The zero-order valence-electron chi connectivity index (χ0n) is 14.4. The first-order valence-electron chi connectivity index (χ1n) is 8.36. The van der Waals surface area contributed by atoms with E-state index >= 15 is 0 Å². The summed E-state index contributed by atoms with van der Waals surface area (Å²) in [6, 6.07) is 11.4. The molecule has 1 amide bonds. The maximum Gasteiger partial charge on any atom is 0.254 e. The minimum atomic E-state index is -0.641. The highest BCUT2D eigenvalue weighted by Gasteiger charge is 2.25. The van der Waals surface area contributed by atoms with E-state index in [1.807, 2.05) is 43.3 Å². The number of nitrogens with two attached hydrogens (primary N) is 2. The number of H-pyrrole nitrogens is 1. The zero-order chi connectivity index (χ0) is 18.7. The Kier molecular flexibility index (Phi) is 3.00. The molecule has 0 saturated carbocycles. The molecule has 3 heterocycles. The molecule has 0 aliphatic carbocycles. The van der Waals surface area contributed by atoms with Crippen LogP contribution in [-0.2, 0) is 0 Å². The molecular weight excluding hydrogens is 342 g/mol. The number of fused-ring (bicyclic) bond motifs is 3. The number of nitrogen functional groups attached to an aromatic ring is 1. The number of nitrogens with zero attached hydrogens (tertiary/aromatic N) is 4. The first-order valence-corrected chi connectivity index (χ1v) is 8.36. The summed E-state index contributed by atoms with van der Waals surface area (Å²) in [6.07, 6.45) is 1.72. The summed E-state index contributed by atoms with van der Waals surface area (Å²) in [6.45, 7) is 1.96. The number of rotatable bonds is 2. The molecule has 3 aromatic heterocycles. The van der Waals surface area contributed by atoms with E-state index < -0.39 is 5.91 Å². The second-order valence-corrected chi connectivity index (χ2v) is 6.41. The van der Waals surface area contributed by atoms with Gasteiger partial charge in [-0.2, -0.15) is 5.10 Å². The molecule has 5 rings (SSSR count). The van der Waals surface area contributed by atoms with Crippen LogP contribution in [-0.4, -0.2) is 30.6 Å². The predicted octanol–water partition coefficient (Wildman–Crippen LogP) is 2.44. The Bertz CT molecular complexity index is 1380. The molecule has 0 saturated heterocycles. The second-order valence-electron chi connectivity index (χ2n) is 6.41. The van der Waals surface area contributed by atoms with E-state index in [0.29, 0.717) is 22.2 Å². The summed E-state index contributed by atoms with van der Waals surface area (Å²) in [5, 5.41) is 7.94. The highest BCUT2D eigenvalue weighted by Crippen LogP contribution is 2.34. The van der Waals surface area contributed by atoms with Gasteiger partial charge in [-0.1, -0.05) is 18.2 Å². The van der Waals surface area contributed by atoms with Crippen LogP contribution in [0.1, 0.15) is 15.9 Å². The quantitative estimate of drug-likeness (QED) is 0.447. The van der Waals surface area contributed by atoms with Gasteiger partial charge in [0.25, 0.3) is 5.91 Å². The van der Waals surface area contributed by atoms with E-state index in [-0.39, 0.29) is 11.4 Å². The largest absolute Gasteiger partial charge is 0.384 e. The number of aryl methyl sites for hydroxylation is 1. The molecule has 0 aliphatic heterocycles. The van der Waals surface area contributed by atoms with E-state index in [1.165, 1.54) is 0 Å². The topological polar surface area (TPSA) is 128 Å². The maximum absolute atomic E-state index is 12.2. The number of hydrogen-bond acceptors (Lipinski definition) is 5. The highest BCUT2D eigenvalue weighted by molar-refractivity contribution is 6.11. The minimum absolute atomic E-state index is 0.170. The Morgan fingerprint density at radius 1 is 1.11 bits per heavy atom. The van der Waals surface area contributed by atoms with Crippen molar-refractivity contribution in [1.29, 1.82) is 0 Å². The number of aromatic nitrogens is 5. The van der Waals surface area contributed by atoms with Gasteiger partial charge in [-0.15, -0.1) is 0 Å². The smallest absolute Gasteiger partial charge is 0.254 e. The Balaban J connectivity index is 2.02. The van der Waals surface area contributed by atoms with Crippen molar-refractivity contribution in [3.63, 3.8) is 0 Å². The van der Waals surface area contributed by atoms with E-state index in [0.717, 1.165) is 22.2 Å². The molecule has 2 aromatic carbocycles. The molecule has 0 unspecified atom stereocenters. The summed E-state index contributed by atoms with van der Waals surface area (Å²) in [7, 11) is 0. The van der Waals surface area contributed by atoms with Gasteiger partial charge >= 0.3 is 0 Å². The van der Waals surface area contributed by atoms with Gasteiger partial charge in [-0.25, -0.2) is 9.97 Å². The summed E-state index contributed by atoms with van der Waals surface area (Å²) >= 11 is 0. The molecule has 0 aliphatic rings. The van der Waals surface area contributed by atoms with Crippen molar-refractivity contribution in [2.24, 2.45) is 5.73 Å². The third-order valence-corrected chi connectivity index (χ3v) is 4.77. The van der Waals surface area contributed by atoms with Gasteiger partial charge in [0.15, 0.2) is 5.65 Å². The molecular formula is C19H15N7O. The van der Waals surface area contributed by atoms with Crippen LogP contribution in [0.4, 0.5) is 5.82 Å². The lowest BCUT2D eigenvalue weighted by molar-refractivity contribution is 0.100. The van der Waals surface area contributed by atoms with Gasteiger partial charge in [0.05, 0.1) is 28.4 Å². The standard InChI is InChI=1S/C19H15N7O/c1-9-6-7-11-10(8-22-25-11)16(9)26-17(20)14(18(21)27)15-19(26)24-13-5-3-2-4-12(13)23-15/h2-8H,20H2,1H3,(H2,21,27)(H,22,25). The fourth-order valence-electron chi connectivity index (χ4n) is 3.54. The molecule has 8 heteroatoms. The number of nitrogens with one attached hydrogen (secondary N) is 1. The van der Waals surface area contributed by atoms with Crippen molar-refractivity contribution in [2.75, 3.05) is 5.73 Å². The number of carbonyl (C=O) groups is 1. The van der Waals surface area contributed by atoms with Gasteiger partial charge in [0, 0.05) is 5.39 Å². The average Bonchev–Trinajstić information content (AvgIpc) is 3.22. The monoisotopic (exact) mass is 357 g/mol. The van der Waals surface area contributed by atoms with Crippen LogP contribution in [0, 0.1) is 6.92 Å². The number of hydrogen-bond donors (Lipinski definition) is 3. The van der Waals surface area contributed by atoms with Gasteiger partial charge in [-0.3, -0.25) is 14.5 Å². The summed E-state index contributed by atoms with van der Waals surface area (Å²) in [5.41, 5.74) is 17.0. The number of aromatic amines is 1. The van der Waals surface area contributed by atoms with Crippen LogP contribution in [0.25, 0.3) is 38.8 Å². The summed E-state index contributed by atoms with van der Waals surface area (Å²) < 4.78 is 1.74. The third kappa shape index (κ3) is 2.03. The van der Waals surface area contributed by atoms with Crippen molar-refractivity contribution < 1.29 is 4.79 Å². The first kappa shape index (κ1) is 15.3. The molecule has 8 nitrogen and oxygen atoms in total. The van der Waals surface area contributed by atoms with Gasteiger partial charge < -0.3 is 11.5 Å². The van der Waals surface area contributed by atoms with Crippen LogP contribution >= 0.6 is 0 Å². The zero-order valence-corrected chi connectivity index (χ0v) is 14.4. The Morgan fingerprint density at radius 2 is 1.85 bits per heavy atom. The van der Waals surface area contributed by atoms with E-state index in [4.69, 9.17) is 16.5 Å². The molecule has 27 heavy (non-hydrogen) atoms. The maximum atomic E-state index is 12.2. The highest BCUT2D eigenvalue weighted by atomic mass is 16.1. The molecule has 0 radical (unpaired) electrons. The number of benzene rings is 2. The molecule has 5 N–H and O–H groups in total. The Labute approximate surface area is 152 Å². The van der Waals surface area contributed by atoms with Crippen molar-refractivity contribution in [3.8, 4) is 5.69 Å². The Hall–Kier alpha value is -3.94. The summed E-state index contributed by atoms with van der Waals surface area (Å²) in [5.74, 6) is -0.428. The number of para-hydroxylation sites is 2. The fraction of sp³-hybridized carbons (Fsp3) is 0.0526. The van der Waals surface area contributed by atoms with Crippen molar-refractivity contribution in [2.45, 2.75) is 6.92 Å². The molecule has 0 atom stereocenters. The van der Waals surface area contributed by atoms with E-state index in [9.17, 15) is 4.79 Å². The summed E-state index contributed by atoms with van der Waals surface area (Å²) in [4.78, 5) is 21.5. The molecule has 5 aromatic rings. The molecule has 0 spiro atoms. The first-order chi connectivity index (χ1) is 13.1.